The number of carboxylic acid groups (broad SMARTS) is 1. The van der Waals surface area contributed by atoms with Crippen LogP contribution in [0.25, 0.3) is 10.9 Å². The second-order valence-electron chi connectivity index (χ2n) is 9.31. The Kier molecular flexibility index (Phi) is 5.34. The van der Waals surface area contributed by atoms with Gasteiger partial charge in [-0.1, -0.05) is 0 Å². The number of hydrogen-bond acceptors (Lipinski definition) is 5. The van der Waals surface area contributed by atoms with Crippen LogP contribution in [-0.2, 0) is 4.74 Å². The Morgan fingerprint density at radius 2 is 1.91 bits per heavy atom. The number of carbonyl (C=O) groups excluding carboxylic acids is 1. The van der Waals surface area contributed by atoms with Crippen molar-refractivity contribution < 1.29 is 28.2 Å². The summed E-state index contributed by atoms with van der Waals surface area (Å²) in [5, 5.41) is 11.8. The number of anilines is 1. The zero-order valence-electron chi connectivity index (χ0n) is 18.1. The van der Waals surface area contributed by atoms with Crippen LogP contribution in [0.3, 0.4) is 0 Å². The van der Waals surface area contributed by atoms with Gasteiger partial charge in [0.1, 0.15) is 22.7 Å². The average Bonchev–Trinajstić information content (AvgIpc) is 3.41. The highest BCUT2D eigenvalue weighted by molar-refractivity contribution is 5.94. The van der Waals surface area contributed by atoms with Gasteiger partial charge in [-0.15, -0.1) is 0 Å². The van der Waals surface area contributed by atoms with Gasteiger partial charge in [0.25, 0.3) is 0 Å². The Morgan fingerprint density at radius 1 is 1.22 bits per heavy atom. The number of halogens is 2. The van der Waals surface area contributed by atoms with Gasteiger partial charge in [-0.3, -0.25) is 4.79 Å². The SMILES string of the molecule is CC(C)(C)OC(=O)N[C@H]1CCN(c2c(F)cc3c(=O)c(C(=O)O)cn(C4CC4)c3c2F)C1. The molecule has 1 aliphatic carbocycles. The van der Waals surface area contributed by atoms with Crippen molar-refractivity contribution in [3.63, 3.8) is 0 Å². The van der Waals surface area contributed by atoms with Gasteiger partial charge < -0.3 is 24.6 Å². The van der Waals surface area contributed by atoms with E-state index in [4.69, 9.17) is 4.74 Å². The number of nitrogens with one attached hydrogen (secondary N) is 1. The number of amides is 1. The normalized spacial score (nSPS) is 18.8. The number of carboxylic acids is 1. The van der Waals surface area contributed by atoms with Gasteiger partial charge in [0.15, 0.2) is 5.82 Å². The van der Waals surface area contributed by atoms with E-state index in [2.05, 4.69) is 5.32 Å². The number of fused-ring (bicyclic) bond motifs is 1. The van der Waals surface area contributed by atoms with E-state index in [1.807, 2.05) is 0 Å². The van der Waals surface area contributed by atoms with Crippen LogP contribution in [0.1, 0.15) is 56.4 Å². The number of pyridine rings is 1. The molecule has 1 aliphatic heterocycles. The summed E-state index contributed by atoms with van der Waals surface area (Å²) in [5.74, 6) is -3.29. The van der Waals surface area contributed by atoms with Crippen LogP contribution in [0.5, 0.6) is 0 Å². The molecule has 1 saturated carbocycles. The Labute approximate surface area is 182 Å². The zero-order valence-corrected chi connectivity index (χ0v) is 18.1. The van der Waals surface area contributed by atoms with Crippen LogP contribution in [0.2, 0.25) is 0 Å². The Morgan fingerprint density at radius 3 is 2.50 bits per heavy atom. The number of aromatic nitrogens is 1. The first kappa shape index (κ1) is 22.0. The van der Waals surface area contributed by atoms with E-state index in [9.17, 15) is 19.5 Å². The van der Waals surface area contributed by atoms with Crippen molar-refractivity contribution in [2.24, 2.45) is 0 Å². The highest BCUT2D eigenvalue weighted by Crippen LogP contribution is 2.40. The van der Waals surface area contributed by atoms with Crippen LogP contribution >= 0.6 is 0 Å². The fourth-order valence-corrected chi connectivity index (χ4v) is 4.07. The van der Waals surface area contributed by atoms with E-state index in [0.29, 0.717) is 13.0 Å². The first-order valence-corrected chi connectivity index (χ1v) is 10.5. The molecule has 1 aromatic heterocycles. The molecule has 8 nitrogen and oxygen atoms in total. The average molecular weight is 449 g/mol. The standard InChI is InChI=1S/C22H25F2N3O5/c1-22(2,3)32-21(31)25-11-6-7-26(9-11)18-15(23)8-13-17(16(18)24)27(12-4-5-12)10-14(19(13)28)20(29)30/h8,10-12H,4-7,9H2,1-3H3,(H,25,31)(H,29,30)/t11-/m0/s1. The molecule has 172 valence electrons. The number of aromatic carboxylic acids is 1. The minimum atomic E-state index is -1.44. The zero-order chi connectivity index (χ0) is 23.4. The molecule has 2 aliphatic rings. The molecule has 2 aromatic rings. The van der Waals surface area contributed by atoms with Gasteiger partial charge in [-0.25, -0.2) is 18.4 Å². The number of rotatable bonds is 4. The lowest BCUT2D eigenvalue weighted by Gasteiger charge is -2.24. The van der Waals surface area contributed by atoms with Gasteiger partial charge in [-0.2, -0.15) is 0 Å². The molecular weight excluding hydrogens is 424 g/mol. The van der Waals surface area contributed by atoms with Gasteiger partial charge in [0.05, 0.1) is 16.9 Å². The van der Waals surface area contributed by atoms with Crippen molar-refractivity contribution in [2.75, 3.05) is 18.0 Å². The maximum absolute atomic E-state index is 15.7. The lowest BCUT2D eigenvalue weighted by molar-refractivity contribution is 0.0508. The quantitative estimate of drug-likeness (QED) is 0.742. The van der Waals surface area contributed by atoms with Crippen LogP contribution in [-0.4, -0.2) is 46.5 Å². The van der Waals surface area contributed by atoms with Crippen LogP contribution in [0, 0.1) is 11.6 Å². The third-order valence-corrected chi connectivity index (χ3v) is 5.58. The van der Waals surface area contributed by atoms with Crippen molar-refractivity contribution >= 4 is 28.7 Å². The maximum atomic E-state index is 15.7. The number of ether oxygens (including phenoxy) is 1. The van der Waals surface area contributed by atoms with Crippen LogP contribution in [0.4, 0.5) is 19.3 Å². The molecule has 32 heavy (non-hydrogen) atoms. The van der Waals surface area contributed by atoms with E-state index in [0.717, 1.165) is 25.1 Å². The van der Waals surface area contributed by atoms with E-state index in [1.54, 1.807) is 20.8 Å². The lowest BCUT2D eigenvalue weighted by Crippen LogP contribution is -2.40. The Balaban J connectivity index is 1.69. The lowest BCUT2D eigenvalue weighted by atomic mass is 10.1. The largest absolute Gasteiger partial charge is 0.477 e. The molecule has 1 saturated heterocycles. The van der Waals surface area contributed by atoms with Crippen molar-refractivity contribution in [3.8, 4) is 0 Å². The summed E-state index contributed by atoms with van der Waals surface area (Å²) in [7, 11) is 0. The molecule has 0 bridgehead atoms. The maximum Gasteiger partial charge on any atom is 0.407 e. The van der Waals surface area contributed by atoms with E-state index >= 15 is 8.78 Å². The van der Waals surface area contributed by atoms with E-state index < -0.39 is 40.3 Å². The van der Waals surface area contributed by atoms with Gasteiger partial charge >= 0.3 is 12.1 Å². The van der Waals surface area contributed by atoms with Crippen molar-refractivity contribution in [2.45, 2.75) is 57.7 Å². The second kappa shape index (κ2) is 7.75. The predicted molar refractivity (Wildman–Crippen MR) is 113 cm³/mol. The number of nitrogens with zero attached hydrogens (tertiary/aromatic N) is 2. The first-order valence-electron chi connectivity index (χ1n) is 10.5. The van der Waals surface area contributed by atoms with E-state index in [1.165, 1.54) is 9.47 Å². The number of alkyl carbamates (subject to hydrolysis) is 1. The molecule has 1 atom stereocenters. The first-order chi connectivity index (χ1) is 15.0. The molecule has 0 radical (unpaired) electrons. The Bertz CT molecular complexity index is 1170. The molecule has 2 N–H and O–H groups in total. The van der Waals surface area contributed by atoms with Crippen molar-refractivity contribution in [1.82, 2.24) is 9.88 Å². The minimum absolute atomic E-state index is 0.0950. The minimum Gasteiger partial charge on any atom is -0.477 e. The smallest absolute Gasteiger partial charge is 0.407 e. The summed E-state index contributed by atoms with van der Waals surface area (Å²) in [6.07, 6.45) is 2.44. The predicted octanol–water partition coefficient (Wildman–Crippen LogP) is 3.42. The molecule has 0 spiro atoms. The number of benzene rings is 1. The summed E-state index contributed by atoms with van der Waals surface area (Å²) in [5.41, 5.74) is -2.48. The second-order valence-corrected chi connectivity index (χ2v) is 9.31. The van der Waals surface area contributed by atoms with Crippen LogP contribution < -0.4 is 15.6 Å². The number of carbonyl (C=O) groups is 2. The summed E-state index contributed by atoms with van der Waals surface area (Å²) in [4.78, 5) is 37.6. The molecule has 0 unspecified atom stereocenters. The van der Waals surface area contributed by atoms with Gasteiger partial charge in [0.2, 0.25) is 5.43 Å². The molecule has 1 amide bonds. The highest BCUT2D eigenvalue weighted by Gasteiger charge is 2.33. The summed E-state index contributed by atoms with van der Waals surface area (Å²) in [6.45, 7) is 5.67. The molecule has 2 fully saturated rings. The van der Waals surface area contributed by atoms with Crippen molar-refractivity contribution in [3.05, 3.63) is 39.7 Å². The van der Waals surface area contributed by atoms with Gasteiger partial charge in [-0.05, 0) is 46.1 Å². The summed E-state index contributed by atoms with van der Waals surface area (Å²) < 4.78 is 37.3. The van der Waals surface area contributed by atoms with Crippen molar-refractivity contribution in [1.29, 1.82) is 0 Å². The molecule has 2 heterocycles. The summed E-state index contributed by atoms with van der Waals surface area (Å²) in [6, 6.07) is 0.416. The number of hydrogen-bond donors (Lipinski definition) is 2. The molecule has 10 heteroatoms. The van der Waals surface area contributed by atoms with Crippen LogP contribution in [0.15, 0.2) is 17.1 Å². The van der Waals surface area contributed by atoms with Gasteiger partial charge in [0, 0.05) is 25.3 Å². The molecular formula is C22H25F2N3O5. The molecule has 1 aromatic carbocycles. The third-order valence-electron chi connectivity index (χ3n) is 5.58. The Hall–Kier alpha value is -3.17. The fraction of sp³-hybridized carbons (Fsp3) is 0.500. The molecule has 4 rings (SSSR count). The fourth-order valence-electron chi connectivity index (χ4n) is 4.07. The summed E-state index contributed by atoms with van der Waals surface area (Å²) >= 11 is 0. The monoisotopic (exact) mass is 449 g/mol. The third kappa shape index (κ3) is 4.13. The highest BCUT2D eigenvalue weighted by atomic mass is 19.1. The topological polar surface area (TPSA) is 101 Å². The van der Waals surface area contributed by atoms with E-state index in [-0.39, 0.29) is 35.2 Å².